The molecule has 0 radical (unpaired) electrons. The normalized spacial score (nSPS) is 13.1. The summed E-state index contributed by atoms with van der Waals surface area (Å²) >= 11 is 0. The monoisotopic (exact) mass is 690 g/mol. The summed E-state index contributed by atoms with van der Waals surface area (Å²) in [6, 6.07) is 60.5. The maximum atomic E-state index is 6.50. The van der Waals surface area contributed by atoms with Crippen molar-refractivity contribution in [1.29, 1.82) is 0 Å². The molecule has 8 aromatic carbocycles. The molecule has 3 heteroatoms. The lowest BCUT2D eigenvalue weighted by molar-refractivity contribution is 0.662. The van der Waals surface area contributed by atoms with Crippen LogP contribution in [0.15, 0.2) is 174 Å². The Balaban J connectivity index is 1.13. The number of hydrogen-bond donors (Lipinski definition) is 0. The summed E-state index contributed by atoms with van der Waals surface area (Å²) in [6.45, 7) is 4.76. The van der Waals surface area contributed by atoms with E-state index in [0.29, 0.717) is 5.82 Å². The predicted molar refractivity (Wildman–Crippen MR) is 224 cm³/mol. The fraction of sp³-hybridized carbons (Fsp3) is 0.0588. The van der Waals surface area contributed by atoms with E-state index in [0.717, 1.165) is 55.4 Å². The molecule has 10 aromatic rings. The second-order valence-corrected chi connectivity index (χ2v) is 14.9. The minimum Gasteiger partial charge on any atom is -0.455 e. The predicted octanol–water partition coefficient (Wildman–Crippen LogP) is 13.7. The highest BCUT2D eigenvalue weighted by Crippen LogP contribution is 2.55. The van der Waals surface area contributed by atoms with Crippen molar-refractivity contribution in [3.63, 3.8) is 0 Å². The molecular weight excluding hydrogens is 657 g/mol. The van der Waals surface area contributed by atoms with Crippen LogP contribution in [0.2, 0.25) is 0 Å². The van der Waals surface area contributed by atoms with Crippen LogP contribution < -0.4 is 0 Å². The molecule has 0 fully saturated rings. The fourth-order valence-electron chi connectivity index (χ4n) is 9.02. The van der Waals surface area contributed by atoms with Gasteiger partial charge in [-0.3, -0.25) is 0 Å². The Morgan fingerprint density at radius 1 is 0.444 bits per heavy atom. The standard InChI is InChI=1S/C51H34N2O/c1-51(2)43-29-26-31-14-6-7-17-33(31)47(43)42-24-12-21-39(48(42)51)36-27-28-37(35-19-9-8-18-34(35)36)44-30-45(53-50(52-44)32-15-4-3-5-16-32)41-23-13-22-40-38-20-10-11-25-46(38)54-49(40)41/h3-30H,1-2H3. The lowest BCUT2D eigenvalue weighted by Crippen LogP contribution is -2.16. The molecule has 1 aliphatic rings. The lowest BCUT2D eigenvalue weighted by Gasteiger charge is -2.25. The number of rotatable bonds is 4. The minimum atomic E-state index is -0.172. The molecular formula is C51H34N2O. The van der Waals surface area contributed by atoms with Crippen molar-refractivity contribution in [1.82, 2.24) is 9.97 Å². The zero-order chi connectivity index (χ0) is 36.0. The Labute approximate surface area is 313 Å². The van der Waals surface area contributed by atoms with Crippen LogP contribution >= 0.6 is 0 Å². The number of para-hydroxylation sites is 2. The van der Waals surface area contributed by atoms with Crippen LogP contribution in [-0.4, -0.2) is 9.97 Å². The molecule has 254 valence electrons. The molecule has 0 saturated carbocycles. The van der Waals surface area contributed by atoms with Crippen LogP contribution in [0.25, 0.3) is 99.6 Å². The van der Waals surface area contributed by atoms with E-state index in [9.17, 15) is 0 Å². The number of aromatic nitrogens is 2. The van der Waals surface area contributed by atoms with E-state index >= 15 is 0 Å². The van der Waals surface area contributed by atoms with Gasteiger partial charge >= 0.3 is 0 Å². The van der Waals surface area contributed by atoms with Gasteiger partial charge in [0, 0.05) is 32.9 Å². The Kier molecular flexibility index (Phi) is 6.60. The second-order valence-electron chi connectivity index (χ2n) is 14.9. The smallest absolute Gasteiger partial charge is 0.160 e. The first-order valence-corrected chi connectivity index (χ1v) is 18.6. The van der Waals surface area contributed by atoms with Crippen LogP contribution in [0, 0.1) is 0 Å². The van der Waals surface area contributed by atoms with Crippen molar-refractivity contribution >= 4 is 43.5 Å². The van der Waals surface area contributed by atoms with E-state index in [1.807, 2.05) is 30.3 Å². The summed E-state index contributed by atoms with van der Waals surface area (Å²) in [5, 5.41) is 7.10. The van der Waals surface area contributed by atoms with Crippen molar-refractivity contribution < 1.29 is 4.42 Å². The molecule has 0 unspecified atom stereocenters. The summed E-state index contributed by atoms with van der Waals surface area (Å²) in [7, 11) is 0. The zero-order valence-electron chi connectivity index (χ0n) is 30.0. The van der Waals surface area contributed by atoms with Gasteiger partial charge in [0.1, 0.15) is 11.2 Å². The van der Waals surface area contributed by atoms with Gasteiger partial charge in [-0.15, -0.1) is 0 Å². The Morgan fingerprint density at radius 2 is 1.06 bits per heavy atom. The van der Waals surface area contributed by atoms with Gasteiger partial charge in [0.2, 0.25) is 0 Å². The number of fused-ring (bicyclic) bond motifs is 9. The van der Waals surface area contributed by atoms with E-state index in [2.05, 4.69) is 153 Å². The third-order valence-corrected chi connectivity index (χ3v) is 11.5. The van der Waals surface area contributed by atoms with Gasteiger partial charge in [0.25, 0.3) is 0 Å². The van der Waals surface area contributed by atoms with Crippen molar-refractivity contribution in [3.05, 3.63) is 181 Å². The third-order valence-electron chi connectivity index (χ3n) is 11.5. The molecule has 0 atom stereocenters. The molecule has 11 rings (SSSR count). The van der Waals surface area contributed by atoms with Crippen LogP contribution in [0.5, 0.6) is 0 Å². The number of hydrogen-bond acceptors (Lipinski definition) is 3. The molecule has 54 heavy (non-hydrogen) atoms. The van der Waals surface area contributed by atoms with Gasteiger partial charge in [-0.2, -0.15) is 0 Å². The summed E-state index contributed by atoms with van der Waals surface area (Å²) in [5.74, 6) is 0.678. The molecule has 2 heterocycles. The van der Waals surface area contributed by atoms with Crippen molar-refractivity contribution in [2.24, 2.45) is 0 Å². The average Bonchev–Trinajstić information content (AvgIpc) is 3.73. The van der Waals surface area contributed by atoms with Crippen molar-refractivity contribution in [2.75, 3.05) is 0 Å². The van der Waals surface area contributed by atoms with E-state index in [4.69, 9.17) is 14.4 Å². The van der Waals surface area contributed by atoms with Crippen LogP contribution in [0.1, 0.15) is 25.0 Å². The first-order valence-electron chi connectivity index (χ1n) is 18.6. The molecule has 2 aromatic heterocycles. The molecule has 0 spiro atoms. The lowest BCUT2D eigenvalue weighted by atomic mass is 9.78. The number of furan rings is 1. The quantitative estimate of drug-likeness (QED) is 0.184. The third kappa shape index (κ3) is 4.48. The van der Waals surface area contributed by atoms with Crippen molar-refractivity contribution in [2.45, 2.75) is 19.3 Å². The van der Waals surface area contributed by atoms with E-state index in [-0.39, 0.29) is 5.41 Å². The molecule has 3 nitrogen and oxygen atoms in total. The second kappa shape index (κ2) is 11.6. The number of nitrogens with zero attached hydrogens (tertiary/aromatic N) is 2. The van der Waals surface area contributed by atoms with Gasteiger partial charge in [-0.05, 0) is 73.1 Å². The summed E-state index contributed by atoms with van der Waals surface area (Å²) < 4.78 is 6.50. The Hall–Kier alpha value is -6.84. The highest BCUT2D eigenvalue weighted by Gasteiger charge is 2.38. The van der Waals surface area contributed by atoms with Crippen molar-refractivity contribution in [3.8, 4) is 56.2 Å². The SMILES string of the molecule is CC1(C)c2ccc3ccccc3c2-c2cccc(-c3ccc(-c4cc(-c5cccc6c5oc5ccccc56)nc(-c5ccccc5)n4)c4ccccc34)c21. The van der Waals surface area contributed by atoms with Gasteiger partial charge < -0.3 is 4.42 Å². The average molecular weight is 691 g/mol. The molecule has 0 N–H and O–H groups in total. The Bertz CT molecular complexity index is 3130. The minimum absolute atomic E-state index is 0.172. The molecule has 1 aliphatic carbocycles. The van der Waals surface area contributed by atoms with Gasteiger partial charge in [-0.25, -0.2) is 9.97 Å². The Morgan fingerprint density at radius 3 is 1.89 bits per heavy atom. The summed E-state index contributed by atoms with van der Waals surface area (Å²) in [4.78, 5) is 10.5. The zero-order valence-corrected chi connectivity index (χ0v) is 30.0. The maximum absolute atomic E-state index is 6.50. The van der Waals surface area contributed by atoms with Crippen LogP contribution in [0.3, 0.4) is 0 Å². The number of benzene rings is 8. The van der Waals surface area contributed by atoms with E-state index in [1.165, 1.54) is 49.5 Å². The van der Waals surface area contributed by atoms with E-state index < -0.39 is 0 Å². The van der Waals surface area contributed by atoms with Gasteiger partial charge in [0.05, 0.1) is 11.4 Å². The largest absolute Gasteiger partial charge is 0.455 e. The first kappa shape index (κ1) is 30.8. The maximum Gasteiger partial charge on any atom is 0.160 e. The highest BCUT2D eigenvalue weighted by molar-refractivity contribution is 6.11. The molecule has 0 aliphatic heterocycles. The fourth-order valence-corrected chi connectivity index (χ4v) is 9.02. The van der Waals surface area contributed by atoms with Gasteiger partial charge in [-0.1, -0.05) is 166 Å². The van der Waals surface area contributed by atoms with Crippen LogP contribution in [0.4, 0.5) is 0 Å². The van der Waals surface area contributed by atoms with Crippen LogP contribution in [-0.2, 0) is 5.41 Å². The summed E-state index contributed by atoms with van der Waals surface area (Å²) in [5.41, 5.74) is 14.1. The van der Waals surface area contributed by atoms with Gasteiger partial charge in [0.15, 0.2) is 5.82 Å². The molecule has 0 saturated heterocycles. The first-order chi connectivity index (χ1) is 26.5. The highest BCUT2D eigenvalue weighted by atomic mass is 16.3. The van der Waals surface area contributed by atoms with E-state index in [1.54, 1.807) is 0 Å². The molecule has 0 amide bonds. The topological polar surface area (TPSA) is 38.9 Å². The summed E-state index contributed by atoms with van der Waals surface area (Å²) in [6.07, 6.45) is 0. The molecule has 0 bridgehead atoms.